The Labute approximate surface area is 170 Å². The molecule has 30 heavy (non-hydrogen) atoms. The number of ether oxygens (including phenoxy) is 2. The second kappa shape index (κ2) is 8.30. The molecule has 0 amide bonds. The van der Waals surface area contributed by atoms with Gasteiger partial charge in [0.2, 0.25) is 0 Å². The molecule has 1 aromatic heterocycles. The summed E-state index contributed by atoms with van der Waals surface area (Å²) in [6.45, 7) is -3.89. The lowest BCUT2D eigenvalue weighted by Gasteiger charge is -2.17. The van der Waals surface area contributed by atoms with Gasteiger partial charge in [0.05, 0.1) is 16.8 Å². The van der Waals surface area contributed by atoms with Crippen LogP contribution in [0.4, 0.5) is 22.0 Å². The molecule has 0 fully saturated rings. The third kappa shape index (κ3) is 4.53. The van der Waals surface area contributed by atoms with Crippen LogP contribution in [0, 0.1) is 0 Å². The van der Waals surface area contributed by atoms with Crippen molar-refractivity contribution in [3.05, 3.63) is 63.0 Å². The van der Waals surface area contributed by atoms with Gasteiger partial charge in [-0.2, -0.15) is 31.3 Å². The van der Waals surface area contributed by atoms with E-state index in [1.54, 1.807) is 0 Å². The summed E-state index contributed by atoms with van der Waals surface area (Å²) in [7, 11) is 1.31. The van der Waals surface area contributed by atoms with Gasteiger partial charge in [-0.1, -0.05) is 17.7 Å². The molecule has 0 atom stereocenters. The van der Waals surface area contributed by atoms with Crippen molar-refractivity contribution in [3.8, 4) is 17.2 Å². The highest BCUT2D eigenvalue weighted by Gasteiger charge is 2.34. The van der Waals surface area contributed by atoms with Gasteiger partial charge in [-0.25, -0.2) is 4.79 Å². The Kier molecular flexibility index (Phi) is 5.97. The van der Waals surface area contributed by atoms with Gasteiger partial charge in [-0.15, -0.1) is 0 Å². The molecular formula is C17H12ClF5N4O3. The maximum atomic E-state index is 13.2. The van der Waals surface area contributed by atoms with E-state index in [1.807, 2.05) is 0 Å². The molecule has 13 heteroatoms. The molecule has 160 valence electrons. The predicted molar refractivity (Wildman–Crippen MR) is 94.0 cm³/mol. The minimum atomic E-state index is -4.75. The fraction of sp³-hybridized carbons (Fsp3) is 0.235. The van der Waals surface area contributed by atoms with Crippen LogP contribution in [-0.4, -0.2) is 26.4 Å². The van der Waals surface area contributed by atoms with Gasteiger partial charge in [-0.05, 0) is 40.8 Å². The Bertz CT molecular complexity index is 1110. The van der Waals surface area contributed by atoms with Crippen molar-refractivity contribution < 1.29 is 31.4 Å². The SMILES string of the molecule is Cn1nnn(-c2cccc(OC(F)F)c2COc2cc(Cl)ccc2C(F)(F)F)c1=O. The number of benzene rings is 2. The number of rotatable bonds is 6. The molecule has 3 aromatic rings. The molecule has 0 aliphatic rings. The van der Waals surface area contributed by atoms with Crippen LogP contribution in [0.5, 0.6) is 11.5 Å². The monoisotopic (exact) mass is 450 g/mol. The van der Waals surface area contributed by atoms with Crippen LogP contribution in [0.1, 0.15) is 11.1 Å². The third-order valence-electron chi connectivity index (χ3n) is 3.90. The van der Waals surface area contributed by atoms with E-state index in [9.17, 15) is 26.7 Å². The zero-order valence-corrected chi connectivity index (χ0v) is 15.8. The van der Waals surface area contributed by atoms with Crippen LogP contribution in [0.25, 0.3) is 5.69 Å². The number of hydrogen-bond acceptors (Lipinski definition) is 5. The highest BCUT2D eigenvalue weighted by atomic mass is 35.5. The Hall–Kier alpha value is -3.15. The summed E-state index contributed by atoms with van der Waals surface area (Å²) >= 11 is 5.76. The lowest BCUT2D eigenvalue weighted by molar-refractivity contribution is -0.139. The number of halogens is 6. The summed E-state index contributed by atoms with van der Waals surface area (Å²) in [6.07, 6.45) is -4.75. The minimum absolute atomic E-state index is 0.0273. The summed E-state index contributed by atoms with van der Waals surface area (Å²) < 4.78 is 76.7. The van der Waals surface area contributed by atoms with E-state index in [0.717, 1.165) is 33.6 Å². The summed E-state index contributed by atoms with van der Waals surface area (Å²) in [4.78, 5) is 12.2. The lowest BCUT2D eigenvalue weighted by Crippen LogP contribution is -2.23. The first kappa shape index (κ1) is 21.6. The quantitative estimate of drug-likeness (QED) is 0.534. The highest BCUT2D eigenvalue weighted by Crippen LogP contribution is 2.38. The summed E-state index contributed by atoms with van der Waals surface area (Å²) in [5.74, 6) is -1.03. The van der Waals surface area contributed by atoms with E-state index >= 15 is 0 Å². The Morgan fingerprint density at radius 3 is 2.47 bits per heavy atom. The smallest absolute Gasteiger partial charge is 0.419 e. The van der Waals surface area contributed by atoms with Crippen LogP contribution in [-0.2, 0) is 19.8 Å². The second-order valence-electron chi connectivity index (χ2n) is 5.86. The van der Waals surface area contributed by atoms with Gasteiger partial charge in [0.25, 0.3) is 0 Å². The molecule has 0 N–H and O–H groups in total. The van der Waals surface area contributed by atoms with Gasteiger partial charge in [0, 0.05) is 12.1 Å². The van der Waals surface area contributed by atoms with Gasteiger partial charge >= 0.3 is 18.5 Å². The maximum Gasteiger partial charge on any atom is 0.419 e. The van der Waals surface area contributed by atoms with Crippen LogP contribution in [0.2, 0.25) is 5.02 Å². The van der Waals surface area contributed by atoms with E-state index in [-0.39, 0.29) is 16.3 Å². The fourth-order valence-electron chi connectivity index (χ4n) is 2.57. The average molecular weight is 451 g/mol. The van der Waals surface area contributed by atoms with Crippen LogP contribution in [0.15, 0.2) is 41.2 Å². The van der Waals surface area contributed by atoms with Crippen molar-refractivity contribution in [1.82, 2.24) is 19.8 Å². The van der Waals surface area contributed by atoms with Gasteiger partial charge in [-0.3, -0.25) is 0 Å². The number of nitrogens with zero attached hydrogens (tertiary/aromatic N) is 4. The number of hydrogen-bond donors (Lipinski definition) is 0. The number of tetrazole rings is 1. The van der Waals surface area contributed by atoms with Crippen molar-refractivity contribution in [1.29, 1.82) is 0 Å². The highest BCUT2D eigenvalue weighted by molar-refractivity contribution is 6.30. The molecule has 1 heterocycles. The number of alkyl halides is 5. The molecule has 0 bridgehead atoms. The van der Waals surface area contributed by atoms with Crippen molar-refractivity contribution >= 4 is 11.6 Å². The first-order valence-electron chi connectivity index (χ1n) is 8.13. The predicted octanol–water partition coefficient (Wildman–Crippen LogP) is 3.82. The van der Waals surface area contributed by atoms with Crippen LogP contribution in [0.3, 0.4) is 0 Å². The van der Waals surface area contributed by atoms with E-state index in [2.05, 4.69) is 15.2 Å². The molecule has 0 aliphatic carbocycles. The number of aryl methyl sites for hydroxylation is 1. The summed E-state index contributed by atoms with van der Waals surface area (Å²) in [6, 6.07) is 6.49. The van der Waals surface area contributed by atoms with E-state index in [0.29, 0.717) is 0 Å². The Morgan fingerprint density at radius 1 is 1.13 bits per heavy atom. The van der Waals surface area contributed by atoms with Crippen LogP contribution >= 0.6 is 11.6 Å². The third-order valence-corrected chi connectivity index (χ3v) is 4.13. The minimum Gasteiger partial charge on any atom is -0.488 e. The number of aromatic nitrogens is 4. The molecule has 0 aliphatic heterocycles. The van der Waals surface area contributed by atoms with Gasteiger partial charge in [0.15, 0.2) is 0 Å². The normalized spacial score (nSPS) is 11.7. The van der Waals surface area contributed by atoms with Crippen LogP contribution < -0.4 is 15.2 Å². The Balaban J connectivity index is 2.06. The summed E-state index contributed by atoms with van der Waals surface area (Å²) in [5, 5.41) is 7.10. The van der Waals surface area contributed by atoms with Crippen molar-refractivity contribution in [3.63, 3.8) is 0 Å². The molecule has 2 aromatic carbocycles. The first-order chi connectivity index (χ1) is 14.1. The van der Waals surface area contributed by atoms with Crippen molar-refractivity contribution in [2.45, 2.75) is 19.4 Å². The average Bonchev–Trinajstić information content (AvgIpc) is 2.98. The largest absolute Gasteiger partial charge is 0.488 e. The van der Waals surface area contributed by atoms with E-state index in [1.165, 1.54) is 19.2 Å². The molecule has 7 nitrogen and oxygen atoms in total. The van der Waals surface area contributed by atoms with Gasteiger partial charge in [0.1, 0.15) is 18.1 Å². The topological polar surface area (TPSA) is 71.2 Å². The molecule has 3 rings (SSSR count). The fourth-order valence-corrected chi connectivity index (χ4v) is 2.73. The molecular weight excluding hydrogens is 439 g/mol. The summed E-state index contributed by atoms with van der Waals surface area (Å²) in [5.41, 5.74) is -2.03. The molecule has 0 saturated carbocycles. The standard InChI is InChI=1S/C17H12ClF5N4O3/c1-26-16(28)27(25-24-26)12-3-2-4-13(30-15(19)20)10(12)8-29-14-7-9(18)5-6-11(14)17(21,22)23/h2-7,15H,8H2,1H3. The van der Waals surface area contributed by atoms with Crippen molar-refractivity contribution in [2.75, 3.05) is 0 Å². The second-order valence-corrected chi connectivity index (χ2v) is 6.29. The first-order valence-corrected chi connectivity index (χ1v) is 8.51. The van der Waals surface area contributed by atoms with E-state index < -0.39 is 42.1 Å². The van der Waals surface area contributed by atoms with Crippen molar-refractivity contribution in [2.24, 2.45) is 7.05 Å². The van der Waals surface area contributed by atoms with E-state index in [4.69, 9.17) is 16.3 Å². The molecule has 0 spiro atoms. The van der Waals surface area contributed by atoms with Gasteiger partial charge < -0.3 is 9.47 Å². The zero-order chi connectivity index (χ0) is 22.1. The Morgan fingerprint density at radius 2 is 1.87 bits per heavy atom. The maximum absolute atomic E-state index is 13.2. The molecule has 0 saturated heterocycles. The zero-order valence-electron chi connectivity index (χ0n) is 15.0. The molecule has 0 unspecified atom stereocenters. The lowest BCUT2D eigenvalue weighted by atomic mass is 10.1. The molecule has 0 radical (unpaired) electrons.